The van der Waals surface area contributed by atoms with Gasteiger partial charge in [-0.1, -0.05) is 26.7 Å². The van der Waals surface area contributed by atoms with E-state index in [1.54, 1.807) is 12.3 Å². The summed E-state index contributed by atoms with van der Waals surface area (Å²) >= 11 is 0. The summed E-state index contributed by atoms with van der Waals surface area (Å²) in [5.41, 5.74) is 0.00896. The first-order chi connectivity index (χ1) is 8.59. The maximum atomic E-state index is 11.7. The minimum absolute atomic E-state index is 0.0927. The fourth-order valence-corrected chi connectivity index (χ4v) is 2.11. The number of aromatic nitrogens is 2. The highest BCUT2D eigenvalue weighted by atomic mass is 16.3. The highest BCUT2D eigenvalue weighted by molar-refractivity contribution is 5.78. The lowest BCUT2D eigenvalue weighted by Crippen LogP contribution is -2.43. The zero-order valence-electron chi connectivity index (χ0n) is 11.2. The Hall–Kier alpha value is -1.36. The summed E-state index contributed by atoms with van der Waals surface area (Å²) in [6.45, 7) is 4.39. The van der Waals surface area contributed by atoms with Crippen LogP contribution in [0.5, 0.6) is 0 Å². The molecule has 0 bridgehead atoms. The Balaban J connectivity index is 2.39. The number of aliphatic hydroxyl groups is 1. The number of rotatable bonds is 8. The third-order valence-electron chi connectivity index (χ3n) is 2.95. The number of nitrogens with one attached hydrogen (secondary N) is 2. The van der Waals surface area contributed by atoms with Crippen molar-refractivity contribution in [3.8, 4) is 0 Å². The first-order valence-electron chi connectivity index (χ1n) is 6.57. The van der Waals surface area contributed by atoms with Gasteiger partial charge in [0.2, 0.25) is 5.91 Å². The molecule has 1 aromatic rings. The van der Waals surface area contributed by atoms with Gasteiger partial charge in [0.05, 0.1) is 12.0 Å². The largest absolute Gasteiger partial charge is 0.388 e. The summed E-state index contributed by atoms with van der Waals surface area (Å²) in [7, 11) is 0. The Morgan fingerprint density at radius 2 is 2.11 bits per heavy atom. The monoisotopic (exact) mass is 253 g/mol. The van der Waals surface area contributed by atoms with Gasteiger partial charge in [-0.15, -0.1) is 0 Å². The van der Waals surface area contributed by atoms with Gasteiger partial charge in [-0.2, -0.15) is 5.10 Å². The van der Waals surface area contributed by atoms with Gasteiger partial charge in [0.15, 0.2) is 0 Å². The molecule has 0 atom stereocenters. The Labute approximate surface area is 108 Å². The van der Waals surface area contributed by atoms with Crippen molar-refractivity contribution >= 4 is 5.91 Å². The number of hydrogen-bond donors (Lipinski definition) is 3. The second kappa shape index (κ2) is 7.16. The van der Waals surface area contributed by atoms with Crippen LogP contribution in [-0.4, -0.2) is 33.4 Å². The molecule has 1 heterocycles. The Morgan fingerprint density at radius 1 is 1.44 bits per heavy atom. The summed E-state index contributed by atoms with van der Waals surface area (Å²) in [6, 6.07) is 1.77. The molecule has 0 aliphatic rings. The Bertz CT molecular complexity index is 343. The van der Waals surface area contributed by atoms with Crippen molar-refractivity contribution in [3.63, 3.8) is 0 Å². The van der Waals surface area contributed by atoms with Gasteiger partial charge in [0, 0.05) is 18.4 Å². The van der Waals surface area contributed by atoms with Crippen LogP contribution in [0, 0.1) is 0 Å². The van der Waals surface area contributed by atoms with Crippen LogP contribution in [0.25, 0.3) is 0 Å². The van der Waals surface area contributed by atoms with E-state index in [1.165, 1.54) is 0 Å². The molecule has 5 nitrogen and oxygen atoms in total. The van der Waals surface area contributed by atoms with Gasteiger partial charge in [0.25, 0.3) is 0 Å². The van der Waals surface area contributed by atoms with Crippen LogP contribution >= 0.6 is 0 Å². The van der Waals surface area contributed by atoms with E-state index in [2.05, 4.69) is 15.5 Å². The normalized spacial score (nSPS) is 11.5. The van der Waals surface area contributed by atoms with E-state index in [4.69, 9.17) is 0 Å². The molecule has 0 fully saturated rings. The molecule has 102 valence electrons. The number of amides is 1. The fraction of sp³-hybridized carbons (Fsp3) is 0.692. The highest BCUT2D eigenvalue weighted by Crippen LogP contribution is 2.18. The maximum Gasteiger partial charge on any atom is 0.226 e. The van der Waals surface area contributed by atoms with E-state index in [-0.39, 0.29) is 12.3 Å². The van der Waals surface area contributed by atoms with Crippen molar-refractivity contribution in [3.05, 3.63) is 18.0 Å². The van der Waals surface area contributed by atoms with E-state index in [0.29, 0.717) is 19.4 Å². The number of carbonyl (C=O) groups is 1. The van der Waals surface area contributed by atoms with Gasteiger partial charge in [-0.05, 0) is 18.9 Å². The first-order valence-corrected chi connectivity index (χ1v) is 6.57. The number of aromatic amines is 1. The zero-order chi connectivity index (χ0) is 13.4. The minimum atomic E-state index is -0.771. The molecule has 0 unspecified atom stereocenters. The summed E-state index contributed by atoms with van der Waals surface area (Å²) in [5.74, 6) is -0.0927. The molecule has 0 spiro atoms. The van der Waals surface area contributed by atoms with Crippen LogP contribution in [0.15, 0.2) is 12.3 Å². The molecule has 0 aromatic carbocycles. The highest BCUT2D eigenvalue weighted by Gasteiger charge is 2.25. The van der Waals surface area contributed by atoms with Crippen molar-refractivity contribution < 1.29 is 9.90 Å². The van der Waals surface area contributed by atoms with E-state index in [1.807, 2.05) is 13.8 Å². The molecule has 1 rings (SSSR count). The third-order valence-corrected chi connectivity index (χ3v) is 2.95. The number of nitrogens with zero attached hydrogens (tertiary/aromatic N) is 1. The summed E-state index contributed by atoms with van der Waals surface area (Å²) < 4.78 is 0. The Kier molecular flexibility index (Phi) is 5.85. The summed E-state index contributed by atoms with van der Waals surface area (Å²) in [4.78, 5) is 11.7. The third kappa shape index (κ3) is 4.87. The van der Waals surface area contributed by atoms with Gasteiger partial charge in [-0.25, -0.2) is 0 Å². The van der Waals surface area contributed by atoms with E-state index in [0.717, 1.165) is 18.5 Å². The van der Waals surface area contributed by atoms with Crippen LogP contribution in [-0.2, 0) is 11.2 Å². The minimum Gasteiger partial charge on any atom is -0.388 e. The quantitative estimate of drug-likeness (QED) is 0.655. The molecule has 1 aromatic heterocycles. The molecule has 3 N–H and O–H groups in total. The molecule has 5 heteroatoms. The predicted molar refractivity (Wildman–Crippen MR) is 70.1 cm³/mol. The number of H-pyrrole nitrogens is 1. The van der Waals surface area contributed by atoms with E-state index in [9.17, 15) is 9.90 Å². The fourth-order valence-electron chi connectivity index (χ4n) is 2.11. The lowest BCUT2D eigenvalue weighted by atomic mass is 9.92. The lowest BCUT2D eigenvalue weighted by molar-refractivity contribution is -0.122. The molecule has 18 heavy (non-hydrogen) atoms. The van der Waals surface area contributed by atoms with Gasteiger partial charge >= 0.3 is 0 Å². The average molecular weight is 253 g/mol. The smallest absolute Gasteiger partial charge is 0.226 e. The SMILES string of the molecule is CCCC(O)(CCC)CNC(=O)Cc1ccn[nH]1. The molecular formula is C13H23N3O2. The maximum absolute atomic E-state index is 11.7. The molecule has 0 aliphatic carbocycles. The summed E-state index contributed by atoms with van der Waals surface area (Å²) in [6.07, 6.45) is 5.14. The predicted octanol–water partition coefficient (Wildman–Crippen LogP) is 1.40. The first kappa shape index (κ1) is 14.7. The molecule has 0 saturated heterocycles. The van der Waals surface area contributed by atoms with E-state index < -0.39 is 5.60 Å². The van der Waals surface area contributed by atoms with Crippen LogP contribution in [0.2, 0.25) is 0 Å². The van der Waals surface area contributed by atoms with Crippen LogP contribution in [0.3, 0.4) is 0 Å². The van der Waals surface area contributed by atoms with Crippen molar-refractivity contribution in [2.75, 3.05) is 6.54 Å². The van der Waals surface area contributed by atoms with Crippen LogP contribution in [0.4, 0.5) is 0 Å². The van der Waals surface area contributed by atoms with Gasteiger partial charge < -0.3 is 10.4 Å². The van der Waals surface area contributed by atoms with E-state index >= 15 is 0 Å². The Morgan fingerprint density at radius 3 is 2.61 bits per heavy atom. The number of carbonyl (C=O) groups excluding carboxylic acids is 1. The lowest BCUT2D eigenvalue weighted by Gasteiger charge is -2.27. The summed E-state index contributed by atoms with van der Waals surface area (Å²) in [5, 5.41) is 19.7. The molecular weight excluding hydrogens is 230 g/mol. The van der Waals surface area contributed by atoms with Gasteiger partial charge in [0.1, 0.15) is 0 Å². The zero-order valence-corrected chi connectivity index (χ0v) is 11.2. The van der Waals surface area contributed by atoms with Crippen molar-refractivity contribution in [2.24, 2.45) is 0 Å². The van der Waals surface area contributed by atoms with Crippen molar-refractivity contribution in [1.82, 2.24) is 15.5 Å². The molecule has 0 radical (unpaired) electrons. The second-order valence-corrected chi connectivity index (χ2v) is 4.76. The van der Waals surface area contributed by atoms with Crippen LogP contribution < -0.4 is 5.32 Å². The molecule has 1 amide bonds. The molecule has 0 saturated carbocycles. The average Bonchev–Trinajstić information content (AvgIpc) is 2.80. The molecule has 0 aliphatic heterocycles. The van der Waals surface area contributed by atoms with Crippen molar-refractivity contribution in [1.29, 1.82) is 0 Å². The van der Waals surface area contributed by atoms with Gasteiger partial charge in [-0.3, -0.25) is 9.89 Å². The number of hydrogen-bond acceptors (Lipinski definition) is 3. The standard InChI is InChI=1S/C13H23N3O2/c1-3-6-13(18,7-4-2)10-14-12(17)9-11-5-8-15-16-11/h5,8,18H,3-4,6-7,9-10H2,1-2H3,(H,14,17)(H,15,16). The second-order valence-electron chi connectivity index (χ2n) is 4.76. The topological polar surface area (TPSA) is 78.0 Å². The van der Waals surface area contributed by atoms with Crippen LogP contribution in [0.1, 0.15) is 45.2 Å². The van der Waals surface area contributed by atoms with Crippen molar-refractivity contribution in [2.45, 2.75) is 51.6 Å².